The van der Waals surface area contributed by atoms with E-state index in [1.165, 1.54) is 11.6 Å². The number of rotatable bonds is 6. The molecule has 0 aliphatic heterocycles. The molecule has 0 saturated carbocycles. The predicted octanol–water partition coefficient (Wildman–Crippen LogP) is 0.453. The van der Waals surface area contributed by atoms with E-state index in [0.29, 0.717) is 24.3 Å². The van der Waals surface area contributed by atoms with Crippen LogP contribution in [0.5, 0.6) is 5.75 Å². The molecule has 4 aromatic rings. The maximum absolute atomic E-state index is 12.4. The number of benzene rings is 1. The average molecular weight is 382 g/mol. The molecule has 0 saturated heterocycles. The van der Waals surface area contributed by atoms with Gasteiger partial charge in [0.05, 0.1) is 6.33 Å². The van der Waals surface area contributed by atoms with E-state index in [-0.39, 0.29) is 17.0 Å². The highest BCUT2D eigenvalue weighted by Gasteiger charge is 2.13. The summed E-state index contributed by atoms with van der Waals surface area (Å²) >= 11 is 0. The highest BCUT2D eigenvalue weighted by Crippen LogP contribution is 2.22. The quantitative estimate of drug-likeness (QED) is 0.420. The molecular formula is C19H22N6O3. The van der Waals surface area contributed by atoms with Crippen LogP contribution >= 0.6 is 0 Å². The highest BCUT2D eigenvalue weighted by atomic mass is 16.3. The summed E-state index contributed by atoms with van der Waals surface area (Å²) in [6.45, 7) is 1.98. The molecule has 3 aromatic heterocycles. The van der Waals surface area contributed by atoms with Gasteiger partial charge in [-0.3, -0.25) is 13.9 Å². The first-order valence-electron chi connectivity index (χ1n) is 9.08. The molecule has 0 unspecified atom stereocenters. The van der Waals surface area contributed by atoms with Crippen LogP contribution in [0.15, 0.2) is 40.3 Å². The van der Waals surface area contributed by atoms with Gasteiger partial charge in [0.25, 0.3) is 5.56 Å². The summed E-state index contributed by atoms with van der Waals surface area (Å²) in [7, 11) is 3.08. The maximum Gasteiger partial charge on any atom is 0.332 e. The highest BCUT2D eigenvalue weighted by molar-refractivity contribution is 5.84. The third-order valence-corrected chi connectivity index (χ3v) is 5.07. The van der Waals surface area contributed by atoms with E-state index >= 15 is 0 Å². The average Bonchev–Trinajstić information content (AvgIpc) is 3.28. The number of imidazole rings is 1. The van der Waals surface area contributed by atoms with Gasteiger partial charge < -0.3 is 20.0 Å². The zero-order valence-corrected chi connectivity index (χ0v) is 15.8. The lowest BCUT2D eigenvalue weighted by Gasteiger charge is -2.08. The van der Waals surface area contributed by atoms with Crippen molar-refractivity contribution in [1.29, 1.82) is 0 Å². The molecule has 28 heavy (non-hydrogen) atoms. The Labute approximate surface area is 159 Å². The van der Waals surface area contributed by atoms with Gasteiger partial charge in [0, 0.05) is 44.3 Å². The van der Waals surface area contributed by atoms with Crippen molar-refractivity contribution in [3.63, 3.8) is 0 Å². The predicted molar refractivity (Wildman–Crippen MR) is 107 cm³/mol. The normalized spacial score (nSPS) is 11.6. The maximum atomic E-state index is 12.4. The first-order valence-corrected chi connectivity index (χ1v) is 9.08. The van der Waals surface area contributed by atoms with Crippen molar-refractivity contribution in [3.8, 4) is 5.75 Å². The second kappa shape index (κ2) is 7.01. The number of nitrogens with zero attached hydrogens (tertiary/aromatic N) is 4. The minimum absolute atomic E-state index is 0.254. The van der Waals surface area contributed by atoms with Crippen molar-refractivity contribution >= 4 is 22.1 Å². The Bertz CT molecular complexity index is 1280. The Kier molecular flexibility index (Phi) is 4.52. The topological polar surface area (TPSA) is 110 Å². The van der Waals surface area contributed by atoms with Crippen LogP contribution in [-0.4, -0.2) is 41.9 Å². The lowest BCUT2D eigenvalue weighted by atomic mass is 10.1. The Balaban J connectivity index is 1.41. The van der Waals surface area contributed by atoms with Gasteiger partial charge in [-0.1, -0.05) is 0 Å². The first kappa shape index (κ1) is 18.1. The van der Waals surface area contributed by atoms with E-state index in [4.69, 9.17) is 0 Å². The number of hydrogen-bond acceptors (Lipinski definition) is 5. The van der Waals surface area contributed by atoms with Crippen LogP contribution < -0.4 is 16.6 Å². The summed E-state index contributed by atoms with van der Waals surface area (Å²) in [5.41, 5.74) is 2.24. The Morgan fingerprint density at radius 3 is 2.82 bits per heavy atom. The van der Waals surface area contributed by atoms with Crippen molar-refractivity contribution in [1.82, 2.24) is 29.0 Å². The van der Waals surface area contributed by atoms with E-state index in [2.05, 4.69) is 15.3 Å². The van der Waals surface area contributed by atoms with Crippen molar-refractivity contribution < 1.29 is 5.11 Å². The van der Waals surface area contributed by atoms with Crippen LogP contribution in [-0.2, 0) is 27.1 Å². The van der Waals surface area contributed by atoms with Gasteiger partial charge in [0.15, 0.2) is 11.2 Å². The van der Waals surface area contributed by atoms with Gasteiger partial charge in [0.1, 0.15) is 5.75 Å². The molecule has 3 heterocycles. The zero-order chi connectivity index (χ0) is 19.8. The Morgan fingerprint density at radius 2 is 2.00 bits per heavy atom. The van der Waals surface area contributed by atoms with E-state index in [1.807, 2.05) is 12.3 Å². The number of phenols is 1. The number of aromatic hydroxyl groups is 1. The minimum atomic E-state index is -0.384. The molecule has 3 N–H and O–H groups in total. The molecule has 0 fully saturated rings. The van der Waals surface area contributed by atoms with E-state index in [0.717, 1.165) is 34.0 Å². The molecule has 0 aliphatic rings. The Hall–Kier alpha value is -3.33. The van der Waals surface area contributed by atoms with E-state index in [9.17, 15) is 14.7 Å². The molecule has 0 atom stereocenters. The third-order valence-electron chi connectivity index (χ3n) is 5.07. The SMILES string of the molecule is Cn1c(=O)c2c(ncn2CCNCCc2c[nH]c3ccc(O)cc23)n(C)c1=O. The van der Waals surface area contributed by atoms with Crippen molar-refractivity contribution in [3.05, 3.63) is 57.1 Å². The monoisotopic (exact) mass is 382 g/mol. The van der Waals surface area contributed by atoms with Gasteiger partial charge in [-0.15, -0.1) is 0 Å². The molecule has 146 valence electrons. The molecule has 0 amide bonds. The number of aromatic amines is 1. The second-order valence-electron chi connectivity index (χ2n) is 6.86. The number of hydrogen-bond donors (Lipinski definition) is 3. The number of H-pyrrole nitrogens is 1. The fourth-order valence-corrected chi connectivity index (χ4v) is 3.49. The van der Waals surface area contributed by atoms with Gasteiger partial charge >= 0.3 is 5.69 Å². The van der Waals surface area contributed by atoms with Crippen LogP contribution in [0.2, 0.25) is 0 Å². The van der Waals surface area contributed by atoms with Crippen molar-refractivity contribution in [2.45, 2.75) is 13.0 Å². The number of aryl methyl sites for hydroxylation is 1. The summed E-state index contributed by atoms with van der Waals surface area (Å²) in [4.78, 5) is 31.8. The Morgan fingerprint density at radius 1 is 1.18 bits per heavy atom. The van der Waals surface area contributed by atoms with Crippen LogP contribution in [0.3, 0.4) is 0 Å². The standard InChI is InChI=1S/C19H22N6O3/c1-23-17-16(18(27)24(2)19(23)28)25(11-22-17)8-7-20-6-5-12-10-21-15-4-3-13(26)9-14(12)15/h3-4,9-11,20-21,26H,5-8H2,1-2H3. The van der Waals surface area contributed by atoms with Crippen molar-refractivity contribution in [2.75, 3.05) is 13.1 Å². The van der Waals surface area contributed by atoms with Crippen LogP contribution in [0, 0.1) is 0 Å². The largest absolute Gasteiger partial charge is 0.508 e. The summed E-state index contributed by atoms with van der Waals surface area (Å²) in [5, 5.41) is 14.1. The number of aromatic nitrogens is 5. The first-order chi connectivity index (χ1) is 13.5. The molecule has 0 spiro atoms. The van der Waals surface area contributed by atoms with E-state index < -0.39 is 0 Å². The molecule has 0 aliphatic carbocycles. The van der Waals surface area contributed by atoms with Crippen LogP contribution in [0.25, 0.3) is 22.1 Å². The minimum Gasteiger partial charge on any atom is -0.508 e. The smallest absolute Gasteiger partial charge is 0.332 e. The van der Waals surface area contributed by atoms with Gasteiger partial charge in [-0.2, -0.15) is 0 Å². The molecule has 9 heteroatoms. The molecular weight excluding hydrogens is 360 g/mol. The van der Waals surface area contributed by atoms with Crippen molar-refractivity contribution in [2.24, 2.45) is 14.1 Å². The second-order valence-corrected chi connectivity index (χ2v) is 6.86. The lowest BCUT2D eigenvalue weighted by molar-refractivity contribution is 0.476. The van der Waals surface area contributed by atoms with Crippen LogP contribution in [0.4, 0.5) is 0 Å². The van der Waals surface area contributed by atoms with Gasteiger partial charge in [-0.25, -0.2) is 9.78 Å². The molecule has 4 rings (SSSR count). The number of phenolic OH excluding ortho intramolecular Hbond substituents is 1. The fraction of sp³-hybridized carbons (Fsp3) is 0.316. The molecule has 0 bridgehead atoms. The number of nitrogens with one attached hydrogen (secondary N) is 2. The number of fused-ring (bicyclic) bond motifs is 2. The van der Waals surface area contributed by atoms with Crippen LogP contribution in [0.1, 0.15) is 5.56 Å². The van der Waals surface area contributed by atoms with Gasteiger partial charge in [0.2, 0.25) is 0 Å². The lowest BCUT2D eigenvalue weighted by Crippen LogP contribution is -2.37. The third kappa shape index (κ3) is 2.99. The molecule has 9 nitrogen and oxygen atoms in total. The fourth-order valence-electron chi connectivity index (χ4n) is 3.49. The summed E-state index contributed by atoms with van der Waals surface area (Å²) in [5.74, 6) is 0.254. The summed E-state index contributed by atoms with van der Waals surface area (Å²) in [6, 6.07) is 5.29. The van der Waals surface area contributed by atoms with Gasteiger partial charge in [-0.05, 0) is 36.7 Å². The summed E-state index contributed by atoms with van der Waals surface area (Å²) < 4.78 is 4.25. The molecule has 0 radical (unpaired) electrons. The van der Waals surface area contributed by atoms with E-state index in [1.54, 1.807) is 30.1 Å². The zero-order valence-electron chi connectivity index (χ0n) is 15.8. The summed E-state index contributed by atoms with van der Waals surface area (Å²) in [6.07, 6.45) is 4.36. The molecule has 1 aromatic carbocycles.